The van der Waals surface area contributed by atoms with Crippen LogP contribution < -0.4 is 5.32 Å². The van der Waals surface area contributed by atoms with Crippen molar-refractivity contribution in [2.45, 2.75) is 37.1 Å². The van der Waals surface area contributed by atoms with Crippen molar-refractivity contribution in [1.82, 2.24) is 5.32 Å². The molecule has 19 heavy (non-hydrogen) atoms. The van der Waals surface area contributed by atoms with E-state index in [0.29, 0.717) is 16.0 Å². The number of hydrogen-bond donors (Lipinski definition) is 1. The maximum Gasteiger partial charge on any atom is 0.137 e. The van der Waals surface area contributed by atoms with Crippen molar-refractivity contribution in [3.8, 4) is 0 Å². The molecule has 1 aromatic rings. The molecule has 0 aromatic heterocycles. The molecule has 1 saturated carbocycles. The molecule has 0 amide bonds. The SMILES string of the molecule is O=CC1NCC2CCCCC21c1ccc(Cl)c(Cl)c1. The van der Waals surface area contributed by atoms with Gasteiger partial charge in [0.2, 0.25) is 0 Å². The van der Waals surface area contributed by atoms with Crippen LogP contribution in [0.4, 0.5) is 0 Å². The molecule has 3 rings (SSSR count). The molecule has 0 spiro atoms. The summed E-state index contributed by atoms with van der Waals surface area (Å²) in [6, 6.07) is 5.73. The molecule has 2 nitrogen and oxygen atoms in total. The van der Waals surface area contributed by atoms with Crippen LogP contribution in [-0.4, -0.2) is 18.9 Å². The molecule has 1 saturated heterocycles. The highest BCUT2D eigenvalue weighted by Gasteiger charge is 2.52. The number of carbonyl (C=O) groups excluding carboxylic acids is 1. The van der Waals surface area contributed by atoms with Gasteiger partial charge in [-0.2, -0.15) is 0 Å². The molecule has 4 heteroatoms. The van der Waals surface area contributed by atoms with Crippen LogP contribution in [0.25, 0.3) is 0 Å². The van der Waals surface area contributed by atoms with Crippen molar-refractivity contribution >= 4 is 29.5 Å². The monoisotopic (exact) mass is 297 g/mol. The van der Waals surface area contributed by atoms with Gasteiger partial charge < -0.3 is 10.1 Å². The maximum atomic E-state index is 11.5. The summed E-state index contributed by atoms with van der Waals surface area (Å²) in [6.45, 7) is 0.920. The second-order valence-electron chi connectivity index (χ2n) is 5.63. The molecule has 1 heterocycles. The summed E-state index contributed by atoms with van der Waals surface area (Å²) >= 11 is 12.2. The molecule has 2 aliphatic rings. The summed E-state index contributed by atoms with van der Waals surface area (Å²) in [7, 11) is 0. The number of benzene rings is 1. The predicted molar refractivity (Wildman–Crippen MR) is 78.0 cm³/mol. The topological polar surface area (TPSA) is 29.1 Å². The molecule has 1 aromatic carbocycles. The van der Waals surface area contributed by atoms with E-state index in [9.17, 15) is 4.79 Å². The third-order valence-electron chi connectivity index (χ3n) is 4.85. The standard InChI is InChI=1S/C15H17Cl2NO/c16-12-5-4-10(7-13(12)17)15-6-2-1-3-11(15)8-18-14(15)9-19/h4-5,7,9,11,14,18H,1-3,6,8H2. The van der Waals surface area contributed by atoms with Crippen molar-refractivity contribution in [2.75, 3.05) is 6.54 Å². The number of rotatable bonds is 2. The van der Waals surface area contributed by atoms with Crippen LogP contribution in [0.3, 0.4) is 0 Å². The van der Waals surface area contributed by atoms with Gasteiger partial charge in [0.1, 0.15) is 6.29 Å². The molecule has 1 aliphatic heterocycles. The van der Waals surface area contributed by atoms with Crippen LogP contribution in [0.5, 0.6) is 0 Å². The normalized spacial score (nSPS) is 34.0. The van der Waals surface area contributed by atoms with Gasteiger partial charge >= 0.3 is 0 Å². The lowest BCUT2D eigenvalue weighted by Gasteiger charge is -2.42. The van der Waals surface area contributed by atoms with Crippen molar-refractivity contribution in [2.24, 2.45) is 5.92 Å². The Morgan fingerprint density at radius 3 is 2.84 bits per heavy atom. The van der Waals surface area contributed by atoms with Crippen molar-refractivity contribution < 1.29 is 4.79 Å². The maximum absolute atomic E-state index is 11.5. The Labute approximate surface area is 123 Å². The molecular weight excluding hydrogens is 281 g/mol. The van der Waals surface area contributed by atoms with E-state index in [1.54, 1.807) is 0 Å². The Balaban J connectivity index is 2.10. The van der Waals surface area contributed by atoms with Crippen LogP contribution in [-0.2, 0) is 10.2 Å². The van der Waals surface area contributed by atoms with E-state index in [1.165, 1.54) is 19.3 Å². The minimum Gasteiger partial charge on any atom is -0.307 e. The molecule has 1 aliphatic carbocycles. The highest BCUT2D eigenvalue weighted by molar-refractivity contribution is 6.42. The number of hydrogen-bond acceptors (Lipinski definition) is 2. The largest absolute Gasteiger partial charge is 0.307 e. The Morgan fingerprint density at radius 1 is 1.26 bits per heavy atom. The number of nitrogens with one attached hydrogen (secondary N) is 1. The summed E-state index contributed by atoms with van der Waals surface area (Å²) in [5.41, 5.74) is 1.07. The van der Waals surface area contributed by atoms with E-state index in [1.807, 2.05) is 18.2 Å². The van der Waals surface area contributed by atoms with Gasteiger partial charge in [-0.3, -0.25) is 0 Å². The highest BCUT2D eigenvalue weighted by atomic mass is 35.5. The van der Waals surface area contributed by atoms with E-state index in [4.69, 9.17) is 23.2 Å². The van der Waals surface area contributed by atoms with Gasteiger partial charge in [-0.05, 0) is 43.0 Å². The first-order chi connectivity index (χ1) is 9.18. The van der Waals surface area contributed by atoms with E-state index in [0.717, 1.165) is 24.8 Å². The zero-order valence-corrected chi connectivity index (χ0v) is 12.2. The van der Waals surface area contributed by atoms with Crippen molar-refractivity contribution in [3.63, 3.8) is 0 Å². The van der Waals surface area contributed by atoms with Crippen LogP contribution in [0, 0.1) is 5.92 Å². The molecule has 0 bridgehead atoms. The van der Waals surface area contributed by atoms with Gasteiger partial charge in [0, 0.05) is 5.41 Å². The van der Waals surface area contributed by atoms with Gasteiger partial charge in [0.25, 0.3) is 0 Å². The van der Waals surface area contributed by atoms with Gasteiger partial charge in [0.05, 0.1) is 16.1 Å². The zero-order valence-electron chi connectivity index (χ0n) is 10.7. The first-order valence-electron chi connectivity index (χ1n) is 6.82. The summed E-state index contributed by atoms with van der Waals surface area (Å²) in [5.74, 6) is 0.522. The summed E-state index contributed by atoms with van der Waals surface area (Å²) in [4.78, 5) is 11.5. The van der Waals surface area contributed by atoms with Gasteiger partial charge in [-0.25, -0.2) is 0 Å². The van der Waals surface area contributed by atoms with Crippen LogP contribution in [0.1, 0.15) is 31.2 Å². The third-order valence-corrected chi connectivity index (χ3v) is 5.59. The average molecular weight is 298 g/mol. The minimum absolute atomic E-state index is 0.0891. The van der Waals surface area contributed by atoms with E-state index < -0.39 is 0 Å². The second-order valence-corrected chi connectivity index (χ2v) is 6.45. The quantitative estimate of drug-likeness (QED) is 0.845. The lowest BCUT2D eigenvalue weighted by Crippen LogP contribution is -2.46. The van der Waals surface area contributed by atoms with Gasteiger partial charge in [-0.1, -0.05) is 42.1 Å². The lowest BCUT2D eigenvalue weighted by atomic mass is 9.61. The van der Waals surface area contributed by atoms with E-state index >= 15 is 0 Å². The molecular formula is C15H17Cl2NO. The smallest absolute Gasteiger partial charge is 0.137 e. The fourth-order valence-corrected chi connectivity index (χ4v) is 4.23. The Morgan fingerprint density at radius 2 is 2.11 bits per heavy atom. The number of carbonyl (C=O) groups is 1. The van der Waals surface area contributed by atoms with Crippen LogP contribution in [0.15, 0.2) is 18.2 Å². The van der Waals surface area contributed by atoms with Crippen LogP contribution >= 0.6 is 23.2 Å². The summed E-state index contributed by atoms with van der Waals surface area (Å²) in [6.07, 6.45) is 5.71. The van der Waals surface area contributed by atoms with Gasteiger partial charge in [0.15, 0.2) is 0 Å². The first-order valence-corrected chi connectivity index (χ1v) is 7.58. The fraction of sp³-hybridized carbons (Fsp3) is 0.533. The van der Waals surface area contributed by atoms with Crippen LogP contribution in [0.2, 0.25) is 10.0 Å². The minimum atomic E-state index is -0.102. The summed E-state index contributed by atoms with van der Waals surface area (Å²) < 4.78 is 0. The highest BCUT2D eigenvalue weighted by Crippen LogP contribution is 2.49. The summed E-state index contributed by atoms with van der Waals surface area (Å²) in [5, 5.41) is 4.53. The fourth-order valence-electron chi connectivity index (χ4n) is 3.93. The van der Waals surface area contributed by atoms with Crippen molar-refractivity contribution in [1.29, 1.82) is 0 Å². The predicted octanol–water partition coefficient (Wildman–Crippen LogP) is 3.59. The lowest BCUT2D eigenvalue weighted by molar-refractivity contribution is -0.110. The Kier molecular flexibility index (Phi) is 3.59. The Hall–Kier alpha value is -0.570. The first kappa shape index (κ1) is 13.4. The molecule has 102 valence electrons. The van der Waals surface area contributed by atoms with E-state index in [-0.39, 0.29) is 11.5 Å². The molecule has 2 fully saturated rings. The zero-order chi connectivity index (χ0) is 13.5. The second kappa shape index (κ2) is 5.08. The molecule has 1 N–H and O–H groups in total. The van der Waals surface area contributed by atoms with Gasteiger partial charge in [-0.15, -0.1) is 0 Å². The molecule has 3 unspecified atom stereocenters. The molecule has 3 atom stereocenters. The van der Waals surface area contributed by atoms with Crippen molar-refractivity contribution in [3.05, 3.63) is 33.8 Å². The average Bonchev–Trinajstić information content (AvgIpc) is 2.81. The number of fused-ring (bicyclic) bond motifs is 1. The number of aldehydes is 1. The molecule has 0 radical (unpaired) electrons. The third kappa shape index (κ3) is 2.01. The number of halogens is 2. The van der Waals surface area contributed by atoms with E-state index in [2.05, 4.69) is 5.32 Å². The Bertz CT molecular complexity index is 505.